The third kappa shape index (κ3) is 3.32. The first-order valence-electron chi connectivity index (χ1n) is 7.27. The number of hydrogen-bond acceptors (Lipinski definition) is 3. The molecule has 0 saturated carbocycles. The van der Waals surface area contributed by atoms with Gasteiger partial charge in [0.05, 0.1) is 0 Å². The van der Waals surface area contributed by atoms with E-state index in [9.17, 15) is 13.2 Å². The summed E-state index contributed by atoms with van der Waals surface area (Å²) in [4.78, 5) is 2.29. The molecule has 0 radical (unpaired) electrons. The van der Waals surface area contributed by atoms with Gasteiger partial charge < -0.3 is 10.5 Å². The monoisotopic (exact) mass is 300 g/mol. The molecule has 2 N–H and O–H groups in total. The van der Waals surface area contributed by atoms with Crippen LogP contribution in [0.3, 0.4) is 0 Å². The molecular weight excluding hydrogens is 281 g/mol. The van der Waals surface area contributed by atoms with Gasteiger partial charge in [0, 0.05) is 30.2 Å². The molecule has 0 spiro atoms. The van der Waals surface area contributed by atoms with E-state index in [1.165, 1.54) is 6.07 Å². The molecule has 2 heterocycles. The van der Waals surface area contributed by atoms with Crippen molar-refractivity contribution in [3.05, 3.63) is 29.8 Å². The molecule has 2 unspecified atom stereocenters. The van der Waals surface area contributed by atoms with Crippen LogP contribution in [0.2, 0.25) is 0 Å². The summed E-state index contributed by atoms with van der Waals surface area (Å²) in [6.45, 7) is 0.494. The molecule has 0 amide bonds. The summed E-state index contributed by atoms with van der Waals surface area (Å²) in [6, 6.07) is 7.38. The van der Waals surface area contributed by atoms with Crippen molar-refractivity contribution in [3.63, 3.8) is 0 Å². The smallest absolute Gasteiger partial charge is 0.405 e. The molecule has 3 nitrogen and oxygen atoms in total. The van der Waals surface area contributed by atoms with Gasteiger partial charge in [-0.1, -0.05) is 18.2 Å². The van der Waals surface area contributed by atoms with Gasteiger partial charge in [0.25, 0.3) is 0 Å². The van der Waals surface area contributed by atoms with E-state index in [2.05, 4.69) is 9.64 Å². The first-order valence-corrected chi connectivity index (χ1v) is 7.27. The van der Waals surface area contributed by atoms with Crippen LogP contribution in [-0.4, -0.2) is 29.4 Å². The molecule has 1 aromatic carbocycles. The van der Waals surface area contributed by atoms with Gasteiger partial charge in [0.2, 0.25) is 0 Å². The Bertz CT molecular complexity index is 492. The number of halogens is 3. The number of rotatable bonds is 3. The van der Waals surface area contributed by atoms with Crippen molar-refractivity contribution < 1.29 is 17.9 Å². The van der Waals surface area contributed by atoms with Gasteiger partial charge in [-0.05, 0) is 31.7 Å². The van der Waals surface area contributed by atoms with Crippen LogP contribution in [-0.2, 0) is 6.54 Å². The zero-order valence-corrected chi connectivity index (χ0v) is 11.6. The lowest BCUT2D eigenvalue weighted by Crippen LogP contribution is -2.46. The van der Waals surface area contributed by atoms with E-state index in [0.29, 0.717) is 24.2 Å². The Morgan fingerprint density at radius 3 is 2.38 bits per heavy atom. The van der Waals surface area contributed by atoms with Crippen LogP contribution in [0.1, 0.15) is 31.2 Å². The number of nitrogens with zero attached hydrogens (tertiary/aromatic N) is 1. The van der Waals surface area contributed by atoms with Crippen molar-refractivity contribution >= 4 is 0 Å². The SMILES string of the molecule is NC1CC2CCC(C1)N2Cc1ccccc1OC(F)(F)F. The Morgan fingerprint density at radius 2 is 1.76 bits per heavy atom. The van der Waals surface area contributed by atoms with Gasteiger partial charge in [0.15, 0.2) is 0 Å². The molecule has 6 heteroatoms. The highest BCUT2D eigenvalue weighted by molar-refractivity contribution is 5.33. The third-order valence-electron chi connectivity index (χ3n) is 4.47. The first-order chi connectivity index (χ1) is 9.92. The van der Waals surface area contributed by atoms with E-state index in [-0.39, 0.29) is 11.8 Å². The van der Waals surface area contributed by atoms with Gasteiger partial charge in [-0.25, -0.2) is 0 Å². The Morgan fingerprint density at radius 1 is 1.14 bits per heavy atom. The molecule has 3 rings (SSSR count). The molecule has 2 fully saturated rings. The van der Waals surface area contributed by atoms with E-state index in [1.54, 1.807) is 18.2 Å². The Labute approximate surface area is 121 Å². The second kappa shape index (κ2) is 5.50. The molecule has 2 aliphatic heterocycles. The molecule has 116 valence electrons. The summed E-state index contributed by atoms with van der Waals surface area (Å²) in [5.74, 6) is -0.0979. The molecule has 2 atom stereocenters. The Balaban J connectivity index is 1.76. The topological polar surface area (TPSA) is 38.5 Å². The summed E-state index contributed by atoms with van der Waals surface area (Å²) in [6.07, 6.45) is -0.627. The van der Waals surface area contributed by atoms with Gasteiger partial charge in [-0.2, -0.15) is 0 Å². The van der Waals surface area contributed by atoms with Crippen LogP contribution >= 0.6 is 0 Å². The van der Waals surface area contributed by atoms with Crippen LogP contribution in [0, 0.1) is 0 Å². The maximum atomic E-state index is 12.5. The summed E-state index contributed by atoms with van der Waals surface area (Å²) in [7, 11) is 0. The molecule has 21 heavy (non-hydrogen) atoms. The number of piperidine rings is 1. The molecule has 2 aliphatic rings. The van der Waals surface area contributed by atoms with E-state index >= 15 is 0 Å². The predicted molar refractivity (Wildman–Crippen MR) is 72.7 cm³/mol. The average molecular weight is 300 g/mol. The molecule has 1 aromatic rings. The van der Waals surface area contributed by atoms with Crippen molar-refractivity contribution in [1.82, 2.24) is 4.90 Å². The molecule has 2 bridgehead atoms. The average Bonchev–Trinajstić information content (AvgIpc) is 2.63. The Kier molecular flexibility index (Phi) is 3.84. The Hall–Kier alpha value is -1.27. The highest BCUT2D eigenvalue weighted by Gasteiger charge is 2.40. The number of alkyl halides is 3. The number of hydrogen-bond donors (Lipinski definition) is 1. The number of benzene rings is 1. The third-order valence-corrected chi connectivity index (χ3v) is 4.47. The van der Waals surface area contributed by atoms with Crippen LogP contribution < -0.4 is 10.5 Å². The van der Waals surface area contributed by atoms with Crippen LogP contribution in [0.5, 0.6) is 5.75 Å². The second-order valence-corrected chi connectivity index (χ2v) is 5.94. The minimum absolute atomic E-state index is 0.0979. The van der Waals surface area contributed by atoms with E-state index < -0.39 is 6.36 Å². The van der Waals surface area contributed by atoms with E-state index in [4.69, 9.17) is 5.73 Å². The standard InChI is InChI=1S/C15H19F3N2O/c16-15(17,18)21-14-4-2-1-3-10(14)9-20-12-5-6-13(20)8-11(19)7-12/h1-4,11-13H,5-9,19H2. The van der Waals surface area contributed by atoms with Crippen molar-refractivity contribution in [2.24, 2.45) is 5.73 Å². The zero-order valence-electron chi connectivity index (χ0n) is 11.6. The summed E-state index contributed by atoms with van der Waals surface area (Å²) in [5, 5.41) is 0. The maximum Gasteiger partial charge on any atom is 0.573 e. The lowest BCUT2D eigenvalue weighted by molar-refractivity contribution is -0.275. The van der Waals surface area contributed by atoms with Crippen LogP contribution in [0.4, 0.5) is 13.2 Å². The lowest BCUT2D eigenvalue weighted by atomic mass is 9.97. The van der Waals surface area contributed by atoms with Crippen molar-refractivity contribution in [2.75, 3.05) is 0 Å². The highest BCUT2D eigenvalue weighted by atomic mass is 19.4. The van der Waals surface area contributed by atoms with Crippen LogP contribution in [0.15, 0.2) is 24.3 Å². The first kappa shape index (κ1) is 14.7. The summed E-state index contributed by atoms with van der Waals surface area (Å²) >= 11 is 0. The molecule has 0 aliphatic carbocycles. The molecule has 0 aromatic heterocycles. The lowest BCUT2D eigenvalue weighted by Gasteiger charge is -2.37. The van der Waals surface area contributed by atoms with E-state index in [0.717, 1.165) is 25.7 Å². The predicted octanol–water partition coefficient (Wildman–Crippen LogP) is 3.04. The summed E-state index contributed by atoms with van der Waals surface area (Å²) in [5.41, 5.74) is 6.61. The van der Waals surface area contributed by atoms with Gasteiger partial charge in [-0.3, -0.25) is 4.90 Å². The van der Waals surface area contributed by atoms with Crippen LogP contribution in [0.25, 0.3) is 0 Å². The fourth-order valence-electron chi connectivity index (χ4n) is 3.63. The van der Waals surface area contributed by atoms with E-state index in [1.807, 2.05) is 0 Å². The number of fused-ring (bicyclic) bond motifs is 2. The fourth-order valence-corrected chi connectivity index (χ4v) is 3.63. The number of para-hydroxylation sites is 1. The minimum atomic E-state index is -4.65. The minimum Gasteiger partial charge on any atom is -0.405 e. The maximum absolute atomic E-state index is 12.5. The second-order valence-electron chi connectivity index (χ2n) is 5.94. The highest BCUT2D eigenvalue weighted by Crippen LogP contribution is 2.37. The number of ether oxygens (including phenoxy) is 1. The van der Waals surface area contributed by atoms with Gasteiger partial charge in [0.1, 0.15) is 5.75 Å². The van der Waals surface area contributed by atoms with Gasteiger partial charge in [-0.15, -0.1) is 13.2 Å². The fraction of sp³-hybridized carbons (Fsp3) is 0.600. The molecule has 2 saturated heterocycles. The quantitative estimate of drug-likeness (QED) is 0.932. The molecular formula is C15H19F3N2O. The summed E-state index contributed by atoms with van der Waals surface area (Å²) < 4.78 is 41.5. The van der Waals surface area contributed by atoms with Crippen molar-refractivity contribution in [2.45, 2.75) is 56.7 Å². The number of nitrogens with two attached hydrogens (primary N) is 1. The normalized spacial score (nSPS) is 29.6. The largest absolute Gasteiger partial charge is 0.573 e. The zero-order chi connectivity index (χ0) is 15.0. The van der Waals surface area contributed by atoms with Crippen molar-refractivity contribution in [3.8, 4) is 5.75 Å². The van der Waals surface area contributed by atoms with Crippen molar-refractivity contribution in [1.29, 1.82) is 0 Å². The van der Waals surface area contributed by atoms with Gasteiger partial charge >= 0.3 is 6.36 Å².